The highest BCUT2D eigenvalue weighted by Gasteiger charge is 2.22. The van der Waals surface area contributed by atoms with Crippen LogP contribution in [-0.2, 0) is 4.79 Å². The fourth-order valence-electron chi connectivity index (χ4n) is 2.93. The first-order chi connectivity index (χ1) is 14.9. The highest BCUT2D eigenvalue weighted by molar-refractivity contribution is 7.98. The van der Waals surface area contributed by atoms with Crippen molar-refractivity contribution < 1.29 is 14.5 Å². The zero-order chi connectivity index (χ0) is 22.8. The van der Waals surface area contributed by atoms with E-state index in [1.165, 1.54) is 24.3 Å². The summed E-state index contributed by atoms with van der Waals surface area (Å²) in [6.45, 7) is 5.74. The number of aromatic nitrogens is 1. The topological polar surface area (TPSA) is 117 Å². The first kappa shape index (κ1) is 24.1. The van der Waals surface area contributed by atoms with Crippen molar-refractivity contribution in [3.8, 4) is 0 Å². The third-order valence-electron chi connectivity index (χ3n) is 4.65. The summed E-state index contributed by atoms with van der Waals surface area (Å²) in [6, 6.07) is 8.22. The number of nitro groups is 1. The molecule has 0 saturated carbocycles. The van der Waals surface area contributed by atoms with E-state index >= 15 is 0 Å². The molecule has 0 spiro atoms. The van der Waals surface area contributed by atoms with Gasteiger partial charge in [-0.3, -0.25) is 19.7 Å². The van der Waals surface area contributed by atoms with Crippen molar-refractivity contribution in [3.63, 3.8) is 0 Å². The Hall–Kier alpha value is -3.14. The number of non-ortho nitro benzene ring substituents is 1. The van der Waals surface area contributed by atoms with Crippen molar-refractivity contribution in [2.24, 2.45) is 0 Å². The summed E-state index contributed by atoms with van der Waals surface area (Å²) in [5.74, 6) is 0.568. The van der Waals surface area contributed by atoms with E-state index in [1.807, 2.05) is 26.2 Å². The van der Waals surface area contributed by atoms with Gasteiger partial charge in [-0.25, -0.2) is 4.98 Å². The summed E-state index contributed by atoms with van der Waals surface area (Å²) in [5.41, 5.74) is 0.471. The molecule has 0 fully saturated rings. The fraction of sp³-hybridized carbons (Fsp3) is 0.381. The van der Waals surface area contributed by atoms with Crippen LogP contribution in [0.3, 0.4) is 0 Å². The summed E-state index contributed by atoms with van der Waals surface area (Å²) in [5, 5.41) is 16.4. The van der Waals surface area contributed by atoms with Crippen molar-refractivity contribution in [1.82, 2.24) is 10.3 Å². The Morgan fingerprint density at radius 3 is 2.55 bits per heavy atom. The van der Waals surface area contributed by atoms with Crippen LogP contribution in [-0.4, -0.2) is 52.9 Å². The van der Waals surface area contributed by atoms with Crippen LogP contribution < -0.4 is 15.5 Å². The molecule has 2 amide bonds. The second-order valence-electron chi connectivity index (χ2n) is 6.68. The van der Waals surface area contributed by atoms with E-state index < -0.39 is 16.9 Å². The molecule has 2 aromatic rings. The normalized spacial score (nSPS) is 11.5. The third-order valence-corrected chi connectivity index (χ3v) is 5.30. The number of pyridine rings is 1. The van der Waals surface area contributed by atoms with Gasteiger partial charge >= 0.3 is 0 Å². The molecule has 0 aliphatic rings. The van der Waals surface area contributed by atoms with E-state index in [0.717, 1.165) is 18.9 Å². The molecule has 0 bridgehead atoms. The van der Waals surface area contributed by atoms with Crippen LogP contribution in [0.1, 0.15) is 30.6 Å². The van der Waals surface area contributed by atoms with Gasteiger partial charge in [-0.05, 0) is 50.5 Å². The third kappa shape index (κ3) is 6.95. The molecule has 2 N–H and O–H groups in total. The molecule has 1 aromatic heterocycles. The Morgan fingerprint density at radius 2 is 1.97 bits per heavy atom. The van der Waals surface area contributed by atoms with Gasteiger partial charge in [0.2, 0.25) is 5.91 Å². The molecule has 0 saturated heterocycles. The first-order valence-electron chi connectivity index (χ1n) is 9.95. The summed E-state index contributed by atoms with van der Waals surface area (Å²) in [6.07, 6.45) is 3.91. The molecule has 0 radical (unpaired) electrons. The molecule has 0 aliphatic heterocycles. The standard InChI is InChI=1S/C21H27N5O4S/c1-4-25(5-2)19-10-9-16(14-22-19)23-21(28)18(11-12-31-3)24-20(27)15-7-6-8-17(13-15)26(29)30/h6-10,13-14,18H,4-5,11-12H2,1-3H3,(H,23,28)(H,24,27). The molecule has 0 aliphatic carbocycles. The number of benzene rings is 1. The van der Waals surface area contributed by atoms with Crippen LogP contribution in [0, 0.1) is 10.1 Å². The summed E-state index contributed by atoms with van der Waals surface area (Å²) >= 11 is 1.55. The minimum Gasteiger partial charge on any atom is -0.357 e. The zero-order valence-corrected chi connectivity index (χ0v) is 18.6. The average molecular weight is 446 g/mol. The van der Waals surface area contributed by atoms with Crippen molar-refractivity contribution >= 4 is 40.8 Å². The number of carbonyl (C=O) groups excluding carboxylic acids is 2. The van der Waals surface area contributed by atoms with Gasteiger partial charge in [-0.15, -0.1) is 0 Å². The van der Waals surface area contributed by atoms with Crippen LogP contribution in [0.4, 0.5) is 17.2 Å². The maximum absolute atomic E-state index is 12.8. The maximum atomic E-state index is 12.8. The van der Waals surface area contributed by atoms with Gasteiger partial charge in [-0.1, -0.05) is 6.07 Å². The Morgan fingerprint density at radius 1 is 1.23 bits per heavy atom. The molecular weight excluding hydrogens is 418 g/mol. The lowest BCUT2D eigenvalue weighted by Gasteiger charge is -2.20. The quantitative estimate of drug-likeness (QED) is 0.402. The van der Waals surface area contributed by atoms with E-state index in [2.05, 4.69) is 20.5 Å². The van der Waals surface area contributed by atoms with E-state index in [9.17, 15) is 19.7 Å². The predicted octanol–water partition coefficient (Wildman–Crippen LogP) is 3.33. The molecule has 9 nitrogen and oxygen atoms in total. The SMILES string of the molecule is CCN(CC)c1ccc(NC(=O)C(CCSC)NC(=O)c2cccc([N+](=O)[O-])c2)cn1. The number of nitrogens with one attached hydrogen (secondary N) is 2. The number of amides is 2. The number of nitro benzene ring substituents is 1. The van der Waals surface area contributed by atoms with Gasteiger partial charge < -0.3 is 15.5 Å². The summed E-state index contributed by atoms with van der Waals surface area (Å²) in [4.78, 5) is 42.3. The molecule has 1 atom stereocenters. The van der Waals surface area contributed by atoms with Gasteiger partial charge in [0.25, 0.3) is 11.6 Å². The number of nitrogens with zero attached hydrogens (tertiary/aromatic N) is 3. The molecule has 166 valence electrons. The molecular formula is C21H27N5O4S. The number of hydrogen-bond acceptors (Lipinski definition) is 7. The van der Waals surface area contributed by atoms with Crippen LogP contribution in [0.2, 0.25) is 0 Å². The number of hydrogen-bond donors (Lipinski definition) is 2. The van der Waals surface area contributed by atoms with Gasteiger partial charge in [0.05, 0.1) is 16.8 Å². The number of carbonyl (C=O) groups is 2. The average Bonchev–Trinajstić information content (AvgIpc) is 2.78. The van der Waals surface area contributed by atoms with E-state index in [4.69, 9.17) is 0 Å². The fourth-order valence-corrected chi connectivity index (χ4v) is 3.40. The van der Waals surface area contributed by atoms with Gasteiger partial charge in [0, 0.05) is 30.8 Å². The Balaban J connectivity index is 2.10. The molecule has 1 heterocycles. The minimum atomic E-state index is -0.790. The van der Waals surface area contributed by atoms with E-state index in [-0.39, 0.29) is 17.2 Å². The van der Waals surface area contributed by atoms with Gasteiger partial charge in [-0.2, -0.15) is 11.8 Å². The summed E-state index contributed by atoms with van der Waals surface area (Å²) < 4.78 is 0. The van der Waals surface area contributed by atoms with Crippen LogP contribution in [0.25, 0.3) is 0 Å². The molecule has 2 rings (SSSR count). The van der Waals surface area contributed by atoms with Gasteiger partial charge in [0.15, 0.2) is 0 Å². The summed E-state index contributed by atoms with van der Waals surface area (Å²) in [7, 11) is 0. The van der Waals surface area contributed by atoms with Crippen LogP contribution >= 0.6 is 11.8 Å². The van der Waals surface area contributed by atoms with Crippen LogP contribution in [0.15, 0.2) is 42.6 Å². The van der Waals surface area contributed by atoms with E-state index in [0.29, 0.717) is 17.9 Å². The largest absolute Gasteiger partial charge is 0.357 e. The lowest BCUT2D eigenvalue weighted by atomic mass is 10.1. The molecule has 10 heteroatoms. The smallest absolute Gasteiger partial charge is 0.270 e. The molecule has 1 aromatic carbocycles. The van der Waals surface area contributed by atoms with Crippen LogP contribution in [0.5, 0.6) is 0 Å². The highest BCUT2D eigenvalue weighted by Crippen LogP contribution is 2.16. The van der Waals surface area contributed by atoms with Crippen molar-refractivity contribution in [2.75, 3.05) is 35.3 Å². The number of thioether (sulfide) groups is 1. The van der Waals surface area contributed by atoms with Gasteiger partial charge in [0.1, 0.15) is 11.9 Å². The maximum Gasteiger partial charge on any atom is 0.270 e. The first-order valence-corrected chi connectivity index (χ1v) is 11.3. The van der Waals surface area contributed by atoms with E-state index in [1.54, 1.807) is 24.0 Å². The minimum absolute atomic E-state index is 0.126. The Kier molecular flexibility index (Phi) is 9.26. The zero-order valence-electron chi connectivity index (χ0n) is 17.8. The van der Waals surface area contributed by atoms with Crippen molar-refractivity contribution in [1.29, 1.82) is 0 Å². The predicted molar refractivity (Wildman–Crippen MR) is 124 cm³/mol. The highest BCUT2D eigenvalue weighted by atomic mass is 32.2. The Labute approximate surface area is 185 Å². The van der Waals surface area contributed by atoms with Crippen molar-refractivity contribution in [2.45, 2.75) is 26.3 Å². The number of rotatable bonds is 11. The molecule has 1 unspecified atom stereocenters. The molecule has 31 heavy (non-hydrogen) atoms. The lowest BCUT2D eigenvalue weighted by Crippen LogP contribution is -2.44. The second-order valence-corrected chi connectivity index (χ2v) is 7.67. The number of anilines is 2. The van der Waals surface area contributed by atoms with Crippen molar-refractivity contribution in [3.05, 3.63) is 58.3 Å². The Bertz CT molecular complexity index is 903. The second kappa shape index (κ2) is 11.9. The monoisotopic (exact) mass is 445 g/mol. The lowest BCUT2D eigenvalue weighted by molar-refractivity contribution is -0.384.